The molecule has 0 unspecified atom stereocenters. The number of phenols is 1. The van der Waals surface area contributed by atoms with E-state index in [2.05, 4.69) is 10.3 Å². The molecule has 0 fully saturated rings. The van der Waals surface area contributed by atoms with Gasteiger partial charge in [-0.2, -0.15) is 0 Å². The largest absolute Gasteiger partial charge is 0.508 e. The van der Waals surface area contributed by atoms with Gasteiger partial charge < -0.3 is 20.1 Å². The lowest BCUT2D eigenvalue weighted by Crippen LogP contribution is -2.26. The maximum Gasteiger partial charge on any atom is 0.255 e. The maximum absolute atomic E-state index is 12.2. The fraction of sp³-hybridized carbons (Fsp3) is 0.167. The maximum atomic E-state index is 12.2. The molecule has 0 radical (unpaired) electrons. The summed E-state index contributed by atoms with van der Waals surface area (Å²) in [6, 6.07) is 12.4. The number of rotatable bonds is 5. The van der Waals surface area contributed by atoms with Crippen molar-refractivity contribution in [1.29, 1.82) is 0 Å². The molecule has 23 heavy (non-hydrogen) atoms. The molecule has 3 rings (SSSR count). The number of fused-ring (bicyclic) bond motifs is 1. The van der Waals surface area contributed by atoms with Gasteiger partial charge in [-0.25, -0.2) is 0 Å². The lowest BCUT2D eigenvalue weighted by Gasteiger charge is -2.08. The molecule has 2 aromatic carbocycles. The number of carbonyl (C=O) groups excluding carboxylic acids is 1. The Morgan fingerprint density at radius 1 is 1.26 bits per heavy atom. The van der Waals surface area contributed by atoms with Crippen LogP contribution in [0, 0.1) is 0 Å². The van der Waals surface area contributed by atoms with E-state index in [-0.39, 0.29) is 11.7 Å². The zero-order valence-corrected chi connectivity index (χ0v) is 12.8. The van der Waals surface area contributed by atoms with Crippen LogP contribution in [0.1, 0.15) is 15.9 Å². The van der Waals surface area contributed by atoms with Gasteiger partial charge in [-0.05, 0) is 36.2 Å². The van der Waals surface area contributed by atoms with Crippen molar-refractivity contribution in [2.45, 2.75) is 6.42 Å². The molecule has 1 amide bonds. The highest BCUT2D eigenvalue weighted by Gasteiger charge is 2.11. The number of carbonyl (C=O) groups is 1. The van der Waals surface area contributed by atoms with Crippen LogP contribution in [0.5, 0.6) is 11.5 Å². The minimum Gasteiger partial charge on any atom is -0.508 e. The highest BCUT2D eigenvalue weighted by atomic mass is 16.5. The predicted octanol–water partition coefficient (Wildman–Crippen LogP) is 2.85. The molecule has 5 heteroatoms. The lowest BCUT2D eigenvalue weighted by atomic mass is 10.1. The van der Waals surface area contributed by atoms with Crippen LogP contribution in [0.15, 0.2) is 48.7 Å². The Morgan fingerprint density at radius 3 is 2.91 bits per heavy atom. The van der Waals surface area contributed by atoms with Crippen molar-refractivity contribution in [2.24, 2.45) is 0 Å². The molecule has 3 aromatic rings. The number of hydrogen-bond acceptors (Lipinski definition) is 3. The van der Waals surface area contributed by atoms with Crippen molar-refractivity contribution >= 4 is 16.8 Å². The monoisotopic (exact) mass is 310 g/mol. The normalized spacial score (nSPS) is 10.7. The average molecular weight is 310 g/mol. The van der Waals surface area contributed by atoms with Crippen molar-refractivity contribution < 1.29 is 14.6 Å². The van der Waals surface area contributed by atoms with Crippen molar-refractivity contribution in [3.8, 4) is 11.5 Å². The number of hydrogen-bond donors (Lipinski definition) is 3. The fourth-order valence-electron chi connectivity index (χ4n) is 2.62. The molecule has 0 spiro atoms. The van der Waals surface area contributed by atoms with Gasteiger partial charge in [0, 0.05) is 29.7 Å². The second-order valence-electron chi connectivity index (χ2n) is 5.25. The fourth-order valence-corrected chi connectivity index (χ4v) is 2.62. The topological polar surface area (TPSA) is 74.3 Å². The van der Waals surface area contributed by atoms with E-state index in [1.807, 2.05) is 24.4 Å². The number of aromatic hydroxyl groups is 1. The minimum atomic E-state index is -0.153. The Bertz CT molecular complexity index is 839. The van der Waals surface area contributed by atoms with Gasteiger partial charge >= 0.3 is 0 Å². The first kappa shape index (κ1) is 15.0. The minimum absolute atomic E-state index is 0.153. The molecule has 0 aliphatic heterocycles. The van der Waals surface area contributed by atoms with Crippen LogP contribution >= 0.6 is 0 Å². The Balaban J connectivity index is 1.65. The highest BCUT2D eigenvalue weighted by molar-refractivity contribution is 5.96. The molecule has 5 nitrogen and oxygen atoms in total. The van der Waals surface area contributed by atoms with Gasteiger partial charge in [0.25, 0.3) is 5.91 Å². The van der Waals surface area contributed by atoms with E-state index < -0.39 is 0 Å². The number of benzene rings is 2. The molecule has 0 aliphatic carbocycles. The average Bonchev–Trinajstić information content (AvgIpc) is 2.96. The smallest absolute Gasteiger partial charge is 0.255 e. The second kappa shape index (κ2) is 6.44. The summed E-state index contributed by atoms with van der Waals surface area (Å²) in [6.45, 7) is 0.519. The lowest BCUT2D eigenvalue weighted by molar-refractivity contribution is 0.0951. The molecular weight excluding hydrogens is 292 g/mol. The summed E-state index contributed by atoms with van der Waals surface area (Å²) < 4.78 is 5.20. The number of aromatic nitrogens is 1. The summed E-state index contributed by atoms with van der Waals surface area (Å²) in [4.78, 5) is 15.4. The first-order valence-corrected chi connectivity index (χ1v) is 7.39. The van der Waals surface area contributed by atoms with Crippen LogP contribution in [0.25, 0.3) is 10.9 Å². The molecule has 1 heterocycles. The van der Waals surface area contributed by atoms with Gasteiger partial charge in [0.1, 0.15) is 11.5 Å². The molecule has 118 valence electrons. The molecular formula is C18H18N2O3. The number of phenolic OH excluding ortho intramolecular Hbond substituents is 1. The van der Waals surface area contributed by atoms with E-state index >= 15 is 0 Å². The number of methoxy groups -OCH3 is 1. The third-order valence-electron chi connectivity index (χ3n) is 3.78. The summed E-state index contributed by atoms with van der Waals surface area (Å²) in [6.07, 6.45) is 2.60. The predicted molar refractivity (Wildman–Crippen MR) is 89.0 cm³/mol. The van der Waals surface area contributed by atoms with Crippen LogP contribution in [0.2, 0.25) is 0 Å². The number of aromatic amines is 1. The SMILES string of the molecule is COc1ccccc1C(=O)NCCc1c[nH]c2cc(O)ccc12. The summed E-state index contributed by atoms with van der Waals surface area (Å²) in [5, 5.41) is 13.4. The molecule has 0 saturated heterocycles. The summed E-state index contributed by atoms with van der Waals surface area (Å²) in [7, 11) is 1.55. The van der Waals surface area contributed by atoms with Gasteiger partial charge in [-0.1, -0.05) is 12.1 Å². The molecule has 3 N–H and O–H groups in total. The third kappa shape index (κ3) is 3.13. The van der Waals surface area contributed by atoms with Crippen molar-refractivity contribution in [3.63, 3.8) is 0 Å². The van der Waals surface area contributed by atoms with Crippen LogP contribution in [-0.2, 0) is 6.42 Å². The highest BCUT2D eigenvalue weighted by Crippen LogP contribution is 2.22. The van der Waals surface area contributed by atoms with E-state index in [1.54, 1.807) is 31.4 Å². The first-order chi connectivity index (χ1) is 11.2. The van der Waals surface area contributed by atoms with Gasteiger partial charge in [-0.15, -0.1) is 0 Å². The van der Waals surface area contributed by atoms with E-state index in [0.717, 1.165) is 16.5 Å². The molecule has 0 atom stereocenters. The number of amides is 1. The zero-order chi connectivity index (χ0) is 16.2. The van der Waals surface area contributed by atoms with E-state index in [9.17, 15) is 9.90 Å². The van der Waals surface area contributed by atoms with Gasteiger partial charge in [0.15, 0.2) is 0 Å². The van der Waals surface area contributed by atoms with Crippen molar-refractivity contribution in [1.82, 2.24) is 10.3 Å². The van der Waals surface area contributed by atoms with Crippen LogP contribution in [0.4, 0.5) is 0 Å². The third-order valence-corrected chi connectivity index (χ3v) is 3.78. The number of nitrogens with one attached hydrogen (secondary N) is 2. The summed E-state index contributed by atoms with van der Waals surface area (Å²) in [5.74, 6) is 0.642. The molecule has 0 saturated carbocycles. The van der Waals surface area contributed by atoms with Gasteiger partial charge in [-0.3, -0.25) is 4.79 Å². The van der Waals surface area contributed by atoms with Gasteiger partial charge in [0.05, 0.1) is 12.7 Å². The zero-order valence-electron chi connectivity index (χ0n) is 12.8. The Morgan fingerprint density at radius 2 is 2.09 bits per heavy atom. The van der Waals surface area contributed by atoms with E-state index in [1.165, 1.54) is 0 Å². The molecule has 1 aromatic heterocycles. The van der Waals surface area contributed by atoms with E-state index in [0.29, 0.717) is 24.3 Å². The first-order valence-electron chi connectivity index (χ1n) is 7.39. The van der Waals surface area contributed by atoms with E-state index in [4.69, 9.17) is 4.74 Å². The summed E-state index contributed by atoms with van der Waals surface area (Å²) in [5.41, 5.74) is 2.51. The number of H-pyrrole nitrogens is 1. The van der Waals surface area contributed by atoms with Crippen molar-refractivity contribution in [3.05, 3.63) is 59.8 Å². The quantitative estimate of drug-likeness (QED) is 0.678. The molecule has 0 aliphatic rings. The number of para-hydroxylation sites is 1. The molecule has 0 bridgehead atoms. The standard InChI is InChI=1S/C18H18N2O3/c1-23-17-5-3-2-4-15(17)18(22)19-9-8-12-11-20-16-10-13(21)6-7-14(12)16/h2-7,10-11,20-21H,8-9H2,1H3,(H,19,22). The Labute approximate surface area is 133 Å². The second-order valence-corrected chi connectivity index (χ2v) is 5.25. The van der Waals surface area contributed by atoms with Crippen LogP contribution < -0.4 is 10.1 Å². The Kier molecular flexibility index (Phi) is 4.19. The van der Waals surface area contributed by atoms with Gasteiger partial charge in [0.2, 0.25) is 0 Å². The van der Waals surface area contributed by atoms with Crippen molar-refractivity contribution in [2.75, 3.05) is 13.7 Å². The number of ether oxygens (including phenoxy) is 1. The Hall–Kier alpha value is -2.95. The van der Waals surface area contributed by atoms with Crippen LogP contribution in [0.3, 0.4) is 0 Å². The van der Waals surface area contributed by atoms with Crippen LogP contribution in [-0.4, -0.2) is 29.7 Å². The summed E-state index contributed by atoms with van der Waals surface area (Å²) >= 11 is 0.